The summed E-state index contributed by atoms with van der Waals surface area (Å²) in [4.78, 5) is 6.45. The number of aliphatic hydroxyl groups is 1. The van der Waals surface area contributed by atoms with Gasteiger partial charge in [0, 0.05) is 35.6 Å². The molecule has 0 bridgehead atoms. The largest absolute Gasteiger partial charge is 0.384 e. The standard InChI is InChI=1S/C12H16N2OS/c1-9-4-5-10(16-9)12(2,15)8-11-13-6-7-14(11)3/h4-7,15H,8H2,1-3H3. The van der Waals surface area contributed by atoms with Crippen LogP contribution in [0, 0.1) is 6.92 Å². The predicted molar refractivity (Wildman–Crippen MR) is 65.5 cm³/mol. The van der Waals surface area contributed by atoms with Crippen LogP contribution >= 0.6 is 11.3 Å². The van der Waals surface area contributed by atoms with Crippen molar-refractivity contribution in [3.8, 4) is 0 Å². The van der Waals surface area contributed by atoms with Gasteiger partial charge < -0.3 is 9.67 Å². The zero-order chi connectivity index (χ0) is 11.8. The number of thiophene rings is 1. The number of aromatic nitrogens is 2. The van der Waals surface area contributed by atoms with Gasteiger partial charge in [0.05, 0.1) is 0 Å². The fourth-order valence-electron chi connectivity index (χ4n) is 1.69. The molecule has 3 nitrogen and oxygen atoms in total. The van der Waals surface area contributed by atoms with Gasteiger partial charge in [0.1, 0.15) is 11.4 Å². The van der Waals surface area contributed by atoms with E-state index in [4.69, 9.17) is 0 Å². The van der Waals surface area contributed by atoms with Gasteiger partial charge in [-0.25, -0.2) is 4.98 Å². The predicted octanol–water partition coefficient (Wildman–Crippen LogP) is 2.24. The van der Waals surface area contributed by atoms with Gasteiger partial charge in [-0.15, -0.1) is 11.3 Å². The van der Waals surface area contributed by atoms with E-state index >= 15 is 0 Å². The van der Waals surface area contributed by atoms with Gasteiger partial charge in [-0.2, -0.15) is 0 Å². The highest BCUT2D eigenvalue weighted by atomic mass is 32.1. The Morgan fingerprint density at radius 3 is 2.75 bits per heavy atom. The summed E-state index contributed by atoms with van der Waals surface area (Å²) in [7, 11) is 1.94. The number of hydrogen-bond donors (Lipinski definition) is 1. The van der Waals surface area contributed by atoms with Crippen molar-refractivity contribution in [2.45, 2.75) is 25.9 Å². The maximum Gasteiger partial charge on any atom is 0.111 e. The molecule has 0 amide bonds. The molecule has 0 aliphatic rings. The molecule has 0 saturated heterocycles. The van der Waals surface area contributed by atoms with Crippen LogP contribution in [0.4, 0.5) is 0 Å². The third-order valence-electron chi connectivity index (χ3n) is 2.69. The number of hydrogen-bond acceptors (Lipinski definition) is 3. The quantitative estimate of drug-likeness (QED) is 0.887. The molecule has 4 heteroatoms. The lowest BCUT2D eigenvalue weighted by atomic mass is 10.00. The fraction of sp³-hybridized carbons (Fsp3) is 0.417. The van der Waals surface area contributed by atoms with Gasteiger partial charge in [-0.05, 0) is 26.0 Å². The van der Waals surface area contributed by atoms with Crippen LogP contribution in [0.1, 0.15) is 22.5 Å². The SMILES string of the molecule is Cc1ccc(C(C)(O)Cc2nccn2C)s1. The van der Waals surface area contributed by atoms with E-state index in [0.29, 0.717) is 6.42 Å². The summed E-state index contributed by atoms with van der Waals surface area (Å²) >= 11 is 1.64. The highest BCUT2D eigenvalue weighted by molar-refractivity contribution is 7.12. The second-order valence-corrected chi connectivity index (χ2v) is 5.60. The van der Waals surface area contributed by atoms with Crippen molar-refractivity contribution in [3.63, 3.8) is 0 Å². The second kappa shape index (κ2) is 4.03. The number of rotatable bonds is 3. The topological polar surface area (TPSA) is 38.1 Å². The number of imidazole rings is 1. The minimum absolute atomic E-state index is 0.538. The minimum Gasteiger partial charge on any atom is -0.384 e. The lowest BCUT2D eigenvalue weighted by molar-refractivity contribution is 0.0586. The van der Waals surface area contributed by atoms with E-state index in [9.17, 15) is 5.11 Å². The van der Waals surface area contributed by atoms with Crippen LogP contribution in [-0.2, 0) is 19.1 Å². The van der Waals surface area contributed by atoms with Crippen molar-refractivity contribution < 1.29 is 5.11 Å². The van der Waals surface area contributed by atoms with Crippen molar-refractivity contribution in [3.05, 3.63) is 40.1 Å². The molecule has 16 heavy (non-hydrogen) atoms. The Hall–Kier alpha value is -1.13. The summed E-state index contributed by atoms with van der Waals surface area (Å²) in [6, 6.07) is 4.02. The zero-order valence-corrected chi connectivity index (χ0v) is 10.6. The lowest BCUT2D eigenvalue weighted by Crippen LogP contribution is -2.24. The van der Waals surface area contributed by atoms with E-state index < -0.39 is 5.60 Å². The summed E-state index contributed by atoms with van der Waals surface area (Å²) in [6.07, 6.45) is 4.19. The highest BCUT2D eigenvalue weighted by Crippen LogP contribution is 2.30. The van der Waals surface area contributed by atoms with Crippen LogP contribution < -0.4 is 0 Å². The van der Waals surface area contributed by atoms with Crippen molar-refractivity contribution in [2.24, 2.45) is 7.05 Å². The monoisotopic (exact) mass is 236 g/mol. The van der Waals surface area contributed by atoms with E-state index in [2.05, 4.69) is 4.98 Å². The minimum atomic E-state index is -0.835. The second-order valence-electron chi connectivity index (χ2n) is 4.32. The van der Waals surface area contributed by atoms with Gasteiger partial charge in [0.2, 0.25) is 0 Å². The first-order chi connectivity index (χ1) is 7.49. The molecule has 0 saturated carbocycles. The molecule has 0 aromatic carbocycles. The Kier molecular flexibility index (Phi) is 2.86. The molecule has 2 aromatic heterocycles. The van der Waals surface area contributed by atoms with Crippen LogP contribution in [0.2, 0.25) is 0 Å². The van der Waals surface area contributed by atoms with Crippen molar-refractivity contribution in [1.82, 2.24) is 9.55 Å². The Bertz CT molecular complexity index is 485. The molecule has 0 aliphatic carbocycles. The third kappa shape index (κ3) is 2.18. The third-order valence-corrected chi connectivity index (χ3v) is 3.95. The molecule has 1 unspecified atom stereocenters. The molecule has 0 radical (unpaired) electrons. The number of nitrogens with zero attached hydrogens (tertiary/aromatic N) is 2. The van der Waals surface area contributed by atoms with Crippen molar-refractivity contribution in [2.75, 3.05) is 0 Å². The van der Waals surface area contributed by atoms with E-state index in [1.807, 2.05) is 43.8 Å². The molecule has 2 aromatic rings. The molecule has 2 rings (SSSR count). The number of aryl methyl sites for hydroxylation is 2. The van der Waals surface area contributed by atoms with E-state index in [0.717, 1.165) is 10.7 Å². The molecular formula is C12H16N2OS. The van der Waals surface area contributed by atoms with E-state index in [-0.39, 0.29) is 0 Å². The summed E-state index contributed by atoms with van der Waals surface area (Å²) in [5, 5.41) is 10.5. The molecule has 1 N–H and O–H groups in total. The van der Waals surface area contributed by atoms with Gasteiger partial charge >= 0.3 is 0 Å². The van der Waals surface area contributed by atoms with E-state index in [1.54, 1.807) is 17.5 Å². The van der Waals surface area contributed by atoms with Gasteiger partial charge in [-0.3, -0.25) is 0 Å². The Balaban J connectivity index is 2.23. The fourth-order valence-corrected chi connectivity index (χ4v) is 2.60. The first kappa shape index (κ1) is 11.4. The summed E-state index contributed by atoms with van der Waals surface area (Å²) in [5.74, 6) is 0.899. The average molecular weight is 236 g/mol. The van der Waals surface area contributed by atoms with Crippen molar-refractivity contribution in [1.29, 1.82) is 0 Å². The van der Waals surface area contributed by atoms with Gasteiger partial charge in [0.15, 0.2) is 0 Å². The molecule has 86 valence electrons. The Labute approximate surface area is 99.4 Å². The summed E-state index contributed by atoms with van der Waals surface area (Å²) in [5.41, 5.74) is -0.835. The zero-order valence-electron chi connectivity index (χ0n) is 9.77. The first-order valence-corrected chi connectivity index (χ1v) is 6.06. The summed E-state index contributed by atoms with van der Waals surface area (Å²) in [6.45, 7) is 3.89. The molecule has 1 atom stereocenters. The van der Waals surface area contributed by atoms with Crippen LogP contribution in [0.15, 0.2) is 24.5 Å². The normalized spacial score (nSPS) is 15.0. The lowest BCUT2D eigenvalue weighted by Gasteiger charge is -2.21. The molecule has 0 aliphatic heterocycles. The first-order valence-electron chi connectivity index (χ1n) is 5.24. The van der Waals surface area contributed by atoms with Crippen LogP contribution in [0.25, 0.3) is 0 Å². The Morgan fingerprint density at radius 1 is 1.50 bits per heavy atom. The molecule has 2 heterocycles. The maximum absolute atomic E-state index is 10.5. The van der Waals surface area contributed by atoms with Crippen LogP contribution in [0.5, 0.6) is 0 Å². The smallest absolute Gasteiger partial charge is 0.111 e. The average Bonchev–Trinajstić information content (AvgIpc) is 2.77. The maximum atomic E-state index is 10.5. The molecule has 0 fully saturated rings. The highest BCUT2D eigenvalue weighted by Gasteiger charge is 2.26. The van der Waals surface area contributed by atoms with Crippen molar-refractivity contribution >= 4 is 11.3 Å². The Morgan fingerprint density at radius 2 is 2.25 bits per heavy atom. The van der Waals surface area contributed by atoms with Crippen LogP contribution in [0.3, 0.4) is 0 Å². The van der Waals surface area contributed by atoms with Crippen LogP contribution in [-0.4, -0.2) is 14.7 Å². The van der Waals surface area contributed by atoms with E-state index in [1.165, 1.54) is 4.88 Å². The molecule has 0 spiro atoms. The summed E-state index contributed by atoms with van der Waals surface area (Å²) < 4.78 is 1.94. The van der Waals surface area contributed by atoms with Gasteiger partial charge in [0.25, 0.3) is 0 Å². The van der Waals surface area contributed by atoms with Gasteiger partial charge in [-0.1, -0.05) is 0 Å². The molecular weight excluding hydrogens is 220 g/mol.